The van der Waals surface area contributed by atoms with Crippen LogP contribution >= 0.6 is 0 Å². The average Bonchev–Trinajstić information content (AvgIpc) is 3.53. The van der Waals surface area contributed by atoms with Gasteiger partial charge in [-0.1, -0.05) is 0 Å². The van der Waals surface area contributed by atoms with E-state index in [2.05, 4.69) is 0 Å². The summed E-state index contributed by atoms with van der Waals surface area (Å²) >= 11 is 0. The quantitative estimate of drug-likeness (QED) is 0.409. The molecule has 0 aromatic carbocycles. The fourth-order valence-electron chi connectivity index (χ4n) is 18.4. The maximum absolute atomic E-state index is 1.73. The van der Waals surface area contributed by atoms with Gasteiger partial charge in [-0.25, -0.2) is 0 Å². The fourth-order valence-corrected chi connectivity index (χ4v) is 18.4. The second-order valence-corrected chi connectivity index (χ2v) is 16.7. The van der Waals surface area contributed by atoms with Crippen molar-refractivity contribution in [1.82, 2.24) is 0 Å². The molecule has 12 aliphatic carbocycles. The van der Waals surface area contributed by atoms with Gasteiger partial charge in [-0.05, 0) is 194 Å². The summed E-state index contributed by atoms with van der Waals surface area (Å²) in [6, 6.07) is 0. The Hall–Kier alpha value is 0. The minimum Gasteiger partial charge on any atom is -0.0499 e. The minimum absolute atomic E-state index is 1.20. The van der Waals surface area contributed by atoms with Gasteiger partial charge in [0.25, 0.3) is 0 Å². The predicted octanol–water partition coefficient (Wildman–Crippen LogP) is 6.61. The van der Waals surface area contributed by atoms with Gasteiger partial charge < -0.3 is 0 Å². The number of hydrogen-bond donors (Lipinski definition) is 0. The highest BCUT2D eigenvalue weighted by Gasteiger charge is 2.82. The van der Waals surface area contributed by atoms with Gasteiger partial charge in [-0.2, -0.15) is 0 Å². The molecule has 12 aliphatic rings. The van der Waals surface area contributed by atoms with E-state index in [1.54, 1.807) is 64.2 Å². The Labute approximate surface area is 194 Å². The molecule has 0 aromatic heterocycles. The van der Waals surface area contributed by atoms with Crippen LogP contribution in [0.1, 0.15) is 64.2 Å². The normalized spacial score (nSPS) is 81.8. The van der Waals surface area contributed by atoms with Gasteiger partial charge in [0.15, 0.2) is 0 Å². The Kier molecular flexibility index (Phi) is 2.51. The van der Waals surface area contributed by atoms with Crippen molar-refractivity contribution in [2.45, 2.75) is 64.2 Å². The van der Waals surface area contributed by atoms with Crippen molar-refractivity contribution < 1.29 is 0 Å². The number of rotatable bonds is 0. The maximum atomic E-state index is 1.73. The summed E-state index contributed by atoms with van der Waals surface area (Å²) in [6.07, 6.45) is 17.1. The van der Waals surface area contributed by atoms with Gasteiger partial charge in [-0.15, -0.1) is 0 Å². The van der Waals surface area contributed by atoms with E-state index < -0.39 is 0 Å². The summed E-state index contributed by atoms with van der Waals surface area (Å²) in [5.74, 6) is 27.3. The summed E-state index contributed by atoms with van der Waals surface area (Å²) in [7, 11) is 0. The lowest BCUT2D eigenvalue weighted by Crippen LogP contribution is -2.57. The second-order valence-electron chi connectivity index (χ2n) is 16.7. The molecule has 12 rings (SSSR count). The first-order valence-electron chi connectivity index (χ1n) is 15.9. The summed E-state index contributed by atoms with van der Waals surface area (Å²) in [5, 5.41) is 0. The molecule has 12 saturated carbocycles. The first kappa shape index (κ1) is 16.6. The van der Waals surface area contributed by atoms with E-state index in [0.717, 1.165) is 0 Å². The van der Waals surface area contributed by atoms with Gasteiger partial charge in [-0.3, -0.25) is 0 Å². The molecule has 0 amide bonds. The van der Waals surface area contributed by atoms with Gasteiger partial charge in [0.05, 0.1) is 0 Å². The molecular formula is C32H42. The van der Waals surface area contributed by atoms with Gasteiger partial charge in [0.2, 0.25) is 0 Å². The highest BCUT2D eigenvalue weighted by atomic mass is 14.9. The predicted molar refractivity (Wildman–Crippen MR) is 123 cm³/mol. The lowest BCUT2D eigenvalue weighted by molar-refractivity contribution is -0.137. The lowest BCUT2D eigenvalue weighted by atomic mass is 9.44. The van der Waals surface area contributed by atoms with Crippen molar-refractivity contribution in [1.29, 1.82) is 0 Å². The van der Waals surface area contributed by atoms with Crippen LogP contribution in [0, 0.1) is 130 Å². The zero-order chi connectivity index (χ0) is 19.8. The van der Waals surface area contributed by atoms with Crippen LogP contribution in [0.2, 0.25) is 0 Å². The Morgan fingerprint density at radius 2 is 0.375 bits per heavy atom. The summed E-state index contributed by atoms with van der Waals surface area (Å²) in [6.45, 7) is 0. The zero-order valence-corrected chi connectivity index (χ0v) is 19.8. The molecule has 22 atom stereocenters. The molecule has 32 heavy (non-hydrogen) atoms. The van der Waals surface area contributed by atoms with Crippen LogP contribution in [0.3, 0.4) is 0 Å². The molecule has 0 heterocycles. The SMILES string of the molecule is C1C[C@@H]2C[C@H]3C[C@@H]4C[C@@H]5CC[C@@H]6C[C@@H]7CC8C[C@H]1C1[C@@H]9C%10C%11[C@H](C6[C@@H]5[C@H]%11[C@@H]4C3[C@H]%10[C@H]12)[C@H]7[C@H]89. The van der Waals surface area contributed by atoms with Gasteiger partial charge in [0.1, 0.15) is 0 Å². The van der Waals surface area contributed by atoms with Crippen molar-refractivity contribution in [3.8, 4) is 0 Å². The average molecular weight is 427 g/mol. The van der Waals surface area contributed by atoms with E-state index in [0.29, 0.717) is 0 Å². The molecule has 0 nitrogen and oxygen atoms in total. The van der Waals surface area contributed by atoms with Crippen LogP contribution in [0.25, 0.3) is 0 Å². The van der Waals surface area contributed by atoms with E-state index in [4.69, 9.17) is 0 Å². The largest absolute Gasteiger partial charge is 0.0499 e. The first-order valence-corrected chi connectivity index (χ1v) is 15.9. The summed E-state index contributed by atoms with van der Waals surface area (Å²) in [5.41, 5.74) is 0. The molecule has 0 spiro atoms. The maximum Gasteiger partial charge on any atom is -0.0312 e. The smallest absolute Gasteiger partial charge is 0.0312 e. The Morgan fingerprint density at radius 3 is 0.656 bits per heavy atom. The third kappa shape index (κ3) is 1.41. The van der Waals surface area contributed by atoms with Crippen LogP contribution in [0.4, 0.5) is 0 Å². The molecule has 0 N–H and O–H groups in total. The standard InChI is InChI=1S/C32H42/c1-2-12-6-16-10-18-8-14-4-3-13-7-17-9-15-5-11(1)19-20(12)28-24(16)26(18)30-22(14)21(13)29-25(17)23(15)27(19)31(28)32(29)30/h11-32H,1-10H2/t11-,12+,13+,14-,15-,16+,17-,18?,19+,20?,21-,22?,23-,24+,25?,26-,27-,28+,29+,30-,31?,32?/m0/s1. The lowest BCUT2D eigenvalue weighted by Gasteiger charge is -2.60. The Bertz CT molecular complexity index is 802. The van der Waals surface area contributed by atoms with E-state index in [1.807, 2.05) is 0 Å². The first-order chi connectivity index (χ1) is 15.9. The Balaban J connectivity index is 1.19. The molecule has 0 heteroatoms. The molecular weight excluding hydrogens is 384 g/mol. The van der Waals surface area contributed by atoms with Crippen molar-refractivity contribution in [2.24, 2.45) is 130 Å². The van der Waals surface area contributed by atoms with E-state index in [1.165, 1.54) is 130 Å². The van der Waals surface area contributed by atoms with E-state index in [-0.39, 0.29) is 0 Å². The van der Waals surface area contributed by atoms with Gasteiger partial charge >= 0.3 is 0 Å². The third-order valence-electron chi connectivity index (χ3n) is 17.4. The van der Waals surface area contributed by atoms with Gasteiger partial charge in [0, 0.05) is 0 Å². The fraction of sp³-hybridized carbons (Fsp3) is 1.00. The topological polar surface area (TPSA) is 0 Å². The Morgan fingerprint density at radius 1 is 0.188 bits per heavy atom. The summed E-state index contributed by atoms with van der Waals surface area (Å²) in [4.78, 5) is 0. The molecule has 170 valence electrons. The molecule has 0 aromatic rings. The zero-order valence-electron chi connectivity index (χ0n) is 19.8. The third-order valence-corrected chi connectivity index (χ3v) is 17.4. The van der Waals surface area contributed by atoms with Crippen LogP contribution in [-0.4, -0.2) is 0 Å². The molecule has 0 radical (unpaired) electrons. The number of hydrogen-bond acceptors (Lipinski definition) is 0. The van der Waals surface area contributed by atoms with Crippen LogP contribution in [-0.2, 0) is 0 Å². The summed E-state index contributed by atoms with van der Waals surface area (Å²) < 4.78 is 0. The van der Waals surface area contributed by atoms with E-state index >= 15 is 0 Å². The molecule has 0 bridgehead atoms. The molecule has 12 fully saturated rings. The minimum atomic E-state index is 1.20. The van der Waals surface area contributed by atoms with Crippen molar-refractivity contribution in [3.05, 3.63) is 0 Å². The molecule has 6 unspecified atom stereocenters. The second kappa shape index (κ2) is 4.83. The van der Waals surface area contributed by atoms with Crippen LogP contribution < -0.4 is 0 Å². The van der Waals surface area contributed by atoms with Crippen molar-refractivity contribution in [3.63, 3.8) is 0 Å². The van der Waals surface area contributed by atoms with Crippen molar-refractivity contribution >= 4 is 0 Å². The monoisotopic (exact) mass is 426 g/mol. The molecule has 0 saturated heterocycles. The van der Waals surface area contributed by atoms with Crippen LogP contribution in [0.5, 0.6) is 0 Å². The molecule has 0 aliphatic heterocycles. The highest BCUT2D eigenvalue weighted by Crippen LogP contribution is 2.87. The van der Waals surface area contributed by atoms with Crippen molar-refractivity contribution in [2.75, 3.05) is 0 Å². The van der Waals surface area contributed by atoms with E-state index in [9.17, 15) is 0 Å². The highest BCUT2D eigenvalue weighted by molar-refractivity contribution is 5.29. The van der Waals surface area contributed by atoms with Crippen LogP contribution in [0.15, 0.2) is 0 Å².